The lowest BCUT2D eigenvalue weighted by atomic mass is 10.3. The molecule has 0 aliphatic carbocycles. The van der Waals surface area contributed by atoms with Crippen molar-refractivity contribution < 1.29 is 14.6 Å². The monoisotopic (exact) mass is 328 g/mol. The maximum Gasteiger partial charge on any atom is 0.313 e. The molecule has 0 radical (unpaired) electrons. The van der Waals surface area contributed by atoms with Crippen LogP contribution in [0.25, 0.3) is 0 Å². The van der Waals surface area contributed by atoms with E-state index >= 15 is 0 Å². The zero-order valence-corrected chi connectivity index (χ0v) is 11.7. The number of nitro benzene ring substituents is 2. The van der Waals surface area contributed by atoms with Gasteiger partial charge in [0, 0.05) is 23.2 Å². The van der Waals surface area contributed by atoms with E-state index in [0.717, 1.165) is 12.1 Å². The lowest BCUT2D eigenvalue weighted by Gasteiger charge is -2.08. The van der Waals surface area contributed by atoms with Gasteiger partial charge in [-0.15, -0.1) is 0 Å². The van der Waals surface area contributed by atoms with E-state index in [9.17, 15) is 20.2 Å². The van der Waals surface area contributed by atoms with Crippen molar-refractivity contribution in [2.45, 2.75) is 0 Å². The van der Waals surface area contributed by atoms with Gasteiger partial charge in [-0.2, -0.15) is 0 Å². The topological polar surface area (TPSA) is 95.5 Å². The Morgan fingerprint density at radius 2 is 1.57 bits per heavy atom. The van der Waals surface area contributed by atoms with Crippen LogP contribution < -0.4 is 4.74 Å². The van der Waals surface area contributed by atoms with Crippen LogP contribution >= 0.6 is 23.2 Å². The fourth-order valence-corrected chi connectivity index (χ4v) is 1.90. The Morgan fingerprint density at radius 3 is 2.14 bits per heavy atom. The summed E-state index contributed by atoms with van der Waals surface area (Å²) in [6, 6.07) is 7.41. The van der Waals surface area contributed by atoms with E-state index in [1.165, 1.54) is 24.3 Å². The maximum atomic E-state index is 10.9. The van der Waals surface area contributed by atoms with Gasteiger partial charge in [0.25, 0.3) is 5.69 Å². The number of benzene rings is 2. The Hall–Kier alpha value is -2.38. The number of rotatable bonds is 4. The standard InChI is InChI=1S/C12H6Cl2N2O5/c13-7-1-3-12(10(5-7)16(19)20)21-11-4-2-8(15(17)18)6-9(11)14/h1-6H. The van der Waals surface area contributed by atoms with Gasteiger partial charge in [-0.3, -0.25) is 20.2 Å². The van der Waals surface area contributed by atoms with Crippen LogP contribution in [0.1, 0.15) is 0 Å². The molecule has 0 atom stereocenters. The van der Waals surface area contributed by atoms with Crippen molar-refractivity contribution in [3.05, 3.63) is 66.7 Å². The predicted octanol–water partition coefficient (Wildman–Crippen LogP) is 4.60. The van der Waals surface area contributed by atoms with Crippen LogP contribution in [0.5, 0.6) is 11.5 Å². The smallest absolute Gasteiger partial charge is 0.313 e. The Morgan fingerprint density at radius 1 is 0.905 bits per heavy atom. The summed E-state index contributed by atoms with van der Waals surface area (Å²) in [4.78, 5) is 20.3. The average molecular weight is 329 g/mol. The van der Waals surface area contributed by atoms with Gasteiger partial charge in [0.15, 0.2) is 0 Å². The Balaban J connectivity index is 2.39. The molecular weight excluding hydrogens is 323 g/mol. The molecule has 21 heavy (non-hydrogen) atoms. The molecular formula is C12H6Cl2N2O5. The fourth-order valence-electron chi connectivity index (χ4n) is 1.52. The maximum absolute atomic E-state index is 10.9. The molecule has 9 heteroatoms. The average Bonchev–Trinajstić information content (AvgIpc) is 2.42. The number of hydrogen-bond donors (Lipinski definition) is 0. The molecule has 7 nitrogen and oxygen atoms in total. The van der Waals surface area contributed by atoms with Crippen molar-refractivity contribution in [2.75, 3.05) is 0 Å². The molecule has 2 aromatic rings. The summed E-state index contributed by atoms with van der Waals surface area (Å²) in [5.41, 5.74) is -0.546. The first-order chi connectivity index (χ1) is 9.88. The van der Waals surface area contributed by atoms with Crippen LogP contribution in [0.4, 0.5) is 11.4 Å². The van der Waals surface area contributed by atoms with E-state index in [1.54, 1.807) is 0 Å². The number of ether oxygens (including phenoxy) is 1. The molecule has 0 unspecified atom stereocenters. The molecule has 0 saturated heterocycles. The summed E-state index contributed by atoms with van der Waals surface area (Å²) in [5.74, 6) is -0.00663. The zero-order valence-electron chi connectivity index (χ0n) is 10.2. The number of nitrogens with zero attached hydrogens (tertiary/aromatic N) is 2. The van der Waals surface area contributed by atoms with Crippen molar-refractivity contribution in [3.63, 3.8) is 0 Å². The molecule has 0 heterocycles. The highest BCUT2D eigenvalue weighted by Crippen LogP contribution is 2.37. The van der Waals surface area contributed by atoms with Crippen molar-refractivity contribution in [1.82, 2.24) is 0 Å². The molecule has 0 aliphatic rings. The summed E-state index contributed by atoms with van der Waals surface area (Å²) in [7, 11) is 0. The van der Waals surface area contributed by atoms with Gasteiger partial charge in [-0.25, -0.2) is 0 Å². The minimum Gasteiger partial charge on any atom is -0.449 e. The van der Waals surface area contributed by atoms with E-state index in [2.05, 4.69) is 0 Å². The van der Waals surface area contributed by atoms with E-state index in [1.807, 2.05) is 0 Å². The molecule has 2 rings (SSSR count). The molecule has 108 valence electrons. The second-order valence-electron chi connectivity index (χ2n) is 3.84. The van der Waals surface area contributed by atoms with Crippen molar-refractivity contribution in [1.29, 1.82) is 0 Å². The number of non-ortho nitro benzene ring substituents is 1. The third-order valence-corrected chi connectivity index (χ3v) is 2.99. The van der Waals surface area contributed by atoms with Crippen LogP contribution in [0, 0.1) is 20.2 Å². The summed E-state index contributed by atoms with van der Waals surface area (Å²) in [6.07, 6.45) is 0. The van der Waals surface area contributed by atoms with E-state index < -0.39 is 9.85 Å². The molecule has 0 fully saturated rings. The van der Waals surface area contributed by atoms with Gasteiger partial charge in [-0.05, 0) is 18.2 Å². The highest BCUT2D eigenvalue weighted by molar-refractivity contribution is 6.32. The SMILES string of the molecule is O=[N+]([O-])c1ccc(Oc2ccc(Cl)cc2[N+](=O)[O-])c(Cl)c1. The highest BCUT2D eigenvalue weighted by atomic mass is 35.5. The Kier molecular flexibility index (Phi) is 4.25. The van der Waals surface area contributed by atoms with Gasteiger partial charge in [0.2, 0.25) is 5.75 Å². The molecule has 0 N–H and O–H groups in total. The summed E-state index contributed by atoms with van der Waals surface area (Å²) in [5, 5.41) is 21.7. The molecule has 2 aromatic carbocycles. The normalized spacial score (nSPS) is 10.2. The third-order valence-electron chi connectivity index (χ3n) is 2.46. The van der Waals surface area contributed by atoms with Gasteiger partial charge >= 0.3 is 5.69 Å². The Bertz CT molecular complexity index is 736. The molecule has 0 saturated carbocycles. The van der Waals surface area contributed by atoms with Crippen LogP contribution in [0.15, 0.2) is 36.4 Å². The summed E-state index contributed by atoms with van der Waals surface area (Å²) < 4.78 is 5.34. The van der Waals surface area contributed by atoms with Crippen molar-refractivity contribution in [3.8, 4) is 11.5 Å². The predicted molar refractivity (Wildman–Crippen MR) is 76.3 cm³/mol. The van der Waals surface area contributed by atoms with Crippen LogP contribution in [-0.2, 0) is 0 Å². The first-order valence-electron chi connectivity index (χ1n) is 5.44. The largest absolute Gasteiger partial charge is 0.449 e. The zero-order chi connectivity index (χ0) is 15.6. The first-order valence-corrected chi connectivity index (χ1v) is 6.20. The molecule has 0 aliphatic heterocycles. The lowest BCUT2D eigenvalue weighted by Crippen LogP contribution is -1.94. The summed E-state index contributed by atoms with van der Waals surface area (Å²) >= 11 is 11.6. The minimum atomic E-state index is -0.652. The molecule has 0 aromatic heterocycles. The molecule has 0 bridgehead atoms. The number of hydrogen-bond acceptors (Lipinski definition) is 5. The van der Waals surface area contributed by atoms with E-state index in [-0.39, 0.29) is 32.9 Å². The highest BCUT2D eigenvalue weighted by Gasteiger charge is 2.18. The second-order valence-corrected chi connectivity index (χ2v) is 4.69. The van der Waals surface area contributed by atoms with Crippen LogP contribution in [0.2, 0.25) is 10.0 Å². The molecule has 0 spiro atoms. The van der Waals surface area contributed by atoms with Crippen molar-refractivity contribution in [2.24, 2.45) is 0 Å². The van der Waals surface area contributed by atoms with Gasteiger partial charge in [0.1, 0.15) is 5.75 Å². The second kappa shape index (κ2) is 5.94. The van der Waals surface area contributed by atoms with Gasteiger partial charge in [-0.1, -0.05) is 23.2 Å². The fraction of sp³-hybridized carbons (Fsp3) is 0. The van der Waals surface area contributed by atoms with Gasteiger partial charge < -0.3 is 4.74 Å². The number of nitro groups is 2. The van der Waals surface area contributed by atoms with Crippen molar-refractivity contribution >= 4 is 34.6 Å². The third kappa shape index (κ3) is 3.39. The van der Waals surface area contributed by atoms with Gasteiger partial charge in [0.05, 0.1) is 14.9 Å². The first kappa shape index (κ1) is 15.0. The number of halogens is 2. The quantitative estimate of drug-likeness (QED) is 0.603. The van der Waals surface area contributed by atoms with Crippen LogP contribution in [0.3, 0.4) is 0 Å². The Labute approximate surface area is 128 Å². The minimum absolute atomic E-state index is 0.0338. The summed E-state index contributed by atoms with van der Waals surface area (Å²) in [6.45, 7) is 0. The molecule has 0 amide bonds. The van der Waals surface area contributed by atoms with Crippen LogP contribution in [-0.4, -0.2) is 9.85 Å². The lowest BCUT2D eigenvalue weighted by molar-refractivity contribution is -0.385. The van der Waals surface area contributed by atoms with E-state index in [4.69, 9.17) is 27.9 Å². The van der Waals surface area contributed by atoms with E-state index in [0.29, 0.717) is 0 Å².